The van der Waals surface area contributed by atoms with Gasteiger partial charge in [0.1, 0.15) is 12.3 Å². The number of guanidine groups is 1. The van der Waals surface area contributed by atoms with Gasteiger partial charge >= 0.3 is 0 Å². The Morgan fingerprint density at radius 1 is 1.56 bits per heavy atom. The van der Waals surface area contributed by atoms with Gasteiger partial charge in [-0.2, -0.15) is 0 Å². The van der Waals surface area contributed by atoms with Crippen LogP contribution in [0.5, 0.6) is 0 Å². The molecule has 1 rings (SSSR count). The zero-order valence-electron chi connectivity index (χ0n) is 11.6. The number of hydrogen-bond donors (Lipinski definition) is 2. The second-order valence-electron chi connectivity index (χ2n) is 5.38. The molecule has 18 heavy (non-hydrogen) atoms. The van der Waals surface area contributed by atoms with Gasteiger partial charge in [-0.3, -0.25) is 0 Å². The van der Waals surface area contributed by atoms with Crippen LogP contribution in [0.25, 0.3) is 0 Å². The first-order valence-electron chi connectivity index (χ1n) is 5.92. The highest BCUT2D eigenvalue weighted by Gasteiger charge is 2.18. The summed E-state index contributed by atoms with van der Waals surface area (Å²) in [5, 5.41) is 2.95. The Bertz CT molecular complexity index is 440. The number of nitrogens with zero attached hydrogens (tertiary/aromatic N) is 2. The first kappa shape index (κ1) is 14.3. The van der Waals surface area contributed by atoms with E-state index in [-0.39, 0.29) is 5.41 Å². The number of aliphatic imine (C=N–C) groups is 1. The Balaban J connectivity index is 2.55. The van der Waals surface area contributed by atoms with Gasteiger partial charge in [-0.25, -0.2) is 9.98 Å². The van der Waals surface area contributed by atoms with E-state index in [1.807, 2.05) is 6.92 Å². The Morgan fingerprint density at radius 3 is 2.72 bits per heavy atom. The van der Waals surface area contributed by atoms with Gasteiger partial charge in [-0.05, 0) is 6.92 Å². The molecule has 0 unspecified atom stereocenters. The summed E-state index contributed by atoms with van der Waals surface area (Å²) in [7, 11) is 0. The van der Waals surface area contributed by atoms with Crippen LogP contribution in [0.3, 0.4) is 0 Å². The third-order valence-corrected chi connectivity index (χ3v) is 2.25. The lowest BCUT2D eigenvalue weighted by molar-refractivity contribution is 0.383. The number of aromatic nitrogens is 1. The quantitative estimate of drug-likeness (QED) is 0.486. The fraction of sp³-hybridized carbons (Fsp3) is 0.538. The molecule has 1 aromatic heterocycles. The summed E-state index contributed by atoms with van der Waals surface area (Å²) in [5.74, 6) is 1.79. The average Bonchev–Trinajstić information content (AvgIpc) is 2.71. The Morgan fingerprint density at radius 2 is 2.22 bits per heavy atom. The third-order valence-electron chi connectivity index (χ3n) is 2.25. The van der Waals surface area contributed by atoms with Crippen LogP contribution in [-0.4, -0.2) is 17.5 Å². The molecule has 1 heterocycles. The highest BCUT2D eigenvalue weighted by atomic mass is 16.4. The van der Waals surface area contributed by atoms with Crippen LogP contribution in [0, 0.1) is 0 Å². The molecule has 0 saturated carbocycles. The van der Waals surface area contributed by atoms with E-state index in [1.165, 1.54) is 0 Å². The molecule has 0 radical (unpaired) electrons. The van der Waals surface area contributed by atoms with Crippen LogP contribution in [0.1, 0.15) is 39.3 Å². The molecule has 0 aromatic carbocycles. The van der Waals surface area contributed by atoms with Crippen molar-refractivity contribution in [1.82, 2.24) is 10.3 Å². The lowest BCUT2D eigenvalue weighted by atomic mass is 9.94. The van der Waals surface area contributed by atoms with Crippen LogP contribution in [-0.2, 0) is 12.0 Å². The largest absolute Gasteiger partial charge is 0.443 e. The van der Waals surface area contributed by atoms with Gasteiger partial charge in [0.2, 0.25) is 5.89 Å². The van der Waals surface area contributed by atoms with Crippen LogP contribution in [0.15, 0.2) is 27.8 Å². The smallest absolute Gasteiger partial charge is 0.216 e. The summed E-state index contributed by atoms with van der Waals surface area (Å²) in [6.45, 7) is 12.9. The zero-order chi connectivity index (χ0) is 13.8. The maximum atomic E-state index is 5.69. The topological polar surface area (TPSA) is 76.4 Å². The first-order valence-corrected chi connectivity index (χ1v) is 5.92. The maximum Gasteiger partial charge on any atom is 0.216 e. The summed E-state index contributed by atoms with van der Waals surface area (Å²) in [6.07, 6.45) is 1.74. The fourth-order valence-electron chi connectivity index (χ4n) is 1.18. The molecule has 0 aliphatic carbocycles. The number of oxazole rings is 1. The van der Waals surface area contributed by atoms with E-state index in [9.17, 15) is 0 Å². The highest BCUT2D eigenvalue weighted by molar-refractivity contribution is 5.77. The monoisotopic (exact) mass is 250 g/mol. The van der Waals surface area contributed by atoms with E-state index in [2.05, 4.69) is 42.6 Å². The molecule has 1 aromatic rings. The summed E-state index contributed by atoms with van der Waals surface area (Å²) in [5.41, 5.74) is 6.65. The molecule has 0 atom stereocenters. The zero-order valence-corrected chi connectivity index (χ0v) is 11.6. The fourth-order valence-corrected chi connectivity index (χ4v) is 1.18. The Hall–Kier alpha value is -1.78. The van der Waals surface area contributed by atoms with E-state index >= 15 is 0 Å². The first-order chi connectivity index (χ1) is 8.29. The van der Waals surface area contributed by atoms with E-state index in [0.717, 1.165) is 11.3 Å². The Kier molecular flexibility index (Phi) is 4.53. The van der Waals surface area contributed by atoms with Gasteiger partial charge in [-0.15, -0.1) is 0 Å². The molecule has 0 bridgehead atoms. The third kappa shape index (κ3) is 4.61. The van der Waals surface area contributed by atoms with E-state index in [1.54, 1.807) is 6.20 Å². The van der Waals surface area contributed by atoms with Gasteiger partial charge in [0.25, 0.3) is 0 Å². The van der Waals surface area contributed by atoms with Crippen molar-refractivity contribution in [3.05, 3.63) is 30.0 Å². The lowest BCUT2D eigenvalue weighted by Gasteiger charge is -2.12. The van der Waals surface area contributed by atoms with Crippen LogP contribution in [0.4, 0.5) is 0 Å². The van der Waals surface area contributed by atoms with Crippen LogP contribution >= 0.6 is 0 Å². The molecule has 0 amide bonds. The van der Waals surface area contributed by atoms with Crippen LogP contribution < -0.4 is 11.1 Å². The molecule has 5 heteroatoms. The lowest BCUT2D eigenvalue weighted by Crippen LogP contribution is -2.32. The van der Waals surface area contributed by atoms with Gasteiger partial charge in [0.05, 0.1) is 6.20 Å². The van der Waals surface area contributed by atoms with Crippen molar-refractivity contribution in [2.24, 2.45) is 10.7 Å². The molecule has 3 N–H and O–H groups in total. The summed E-state index contributed by atoms with van der Waals surface area (Å²) in [4.78, 5) is 8.32. The van der Waals surface area contributed by atoms with Crippen molar-refractivity contribution >= 4 is 5.96 Å². The van der Waals surface area contributed by atoms with E-state index in [4.69, 9.17) is 10.2 Å². The van der Waals surface area contributed by atoms with Crippen molar-refractivity contribution in [1.29, 1.82) is 0 Å². The molecule has 0 spiro atoms. The van der Waals surface area contributed by atoms with Gasteiger partial charge < -0.3 is 15.5 Å². The minimum atomic E-state index is -0.0429. The summed E-state index contributed by atoms with van der Waals surface area (Å²) < 4.78 is 5.60. The highest BCUT2D eigenvalue weighted by Crippen LogP contribution is 2.22. The summed E-state index contributed by atoms with van der Waals surface area (Å²) >= 11 is 0. The predicted octanol–water partition coefficient (Wildman–Crippen LogP) is 1.95. The van der Waals surface area contributed by atoms with Crippen molar-refractivity contribution in [2.45, 2.75) is 39.7 Å². The normalized spacial score (nSPS) is 12.6. The number of nitrogens with two attached hydrogens (primary N) is 1. The van der Waals surface area contributed by atoms with Crippen LogP contribution in [0.2, 0.25) is 0 Å². The molecular weight excluding hydrogens is 228 g/mol. The molecular formula is C13H22N4O. The standard InChI is InChI=1S/C13H22N4O/c1-9(2)6-16-12(14)17-8-11-15-7-10(18-11)13(3,4)5/h7H,1,6,8H2,2-5H3,(H3,14,16,17). The molecule has 0 aliphatic rings. The van der Waals surface area contributed by atoms with E-state index < -0.39 is 0 Å². The number of hydrogen-bond acceptors (Lipinski definition) is 3. The second-order valence-corrected chi connectivity index (χ2v) is 5.38. The minimum Gasteiger partial charge on any atom is -0.443 e. The average molecular weight is 250 g/mol. The predicted molar refractivity (Wildman–Crippen MR) is 73.3 cm³/mol. The Labute approximate surface area is 108 Å². The molecule has 100 valence electrons. The number of nitrogens with one attached hydrogen (secondary N) is 1. The molecule has 5 nitrogen and oxygen atoms in total. The van der Waals surface area contributed by atoms with Gasteiger partial charge in [-0.1, -0.05) is 32.9 Å². The maximum absolute atomic E-state index is 5.69. The minimum absolute atomic E-state index is 0.0429. The SMILES string of the molecule is C=C(C)CNC(N)=NCc1ncc(C(C)(C)C)o1. The van der Waals surface area contributed by atoms with Gasteiger partial charge in [0, 0.05) is 12.0 Å². The van der Waals surface area contributed by atoms with Crippen molar-refractivity contribution < 1.29 is 4.42 Å². The molecule has 0 aliphatic heterocycles. The van der Waals surface area contributed by atoms with Gasteiger partial charge in [0.15, 0.2) is 5.96 Å². The van der Waals surface area contributed by atoms with Crippen molar-refractivity contribution in [2.75, 3.05) is 6.54 Å². The van der Waals surface area contributed by atoms with E-state index in [0.29, 0.717) is 24.9 Å². The summed E-state index contributed by atoms with van der Waals surface area (Å²) in [6, 6.07) is 0. The second kappa shape index (κ2) is 5.71. The number of rotatable bonds is 4. The molecule has 0 fully saturated rings. The van der Waals surface area contributed by atoms with Crippen molar-refractivity contribution in [3.63, 3.8) is 0 Å². The van der Waals surface area contributed by atoms with Crippen molar-refractivity contribution in [3.8, 4) is 0 Å². The molecule has 0 saturated heterocycles.